The maximum atomic E-state index is 4.18. The van der Waals surface area contributed by atoms with Crippen LogP contribution in [-0.2, 0) is 0 Å². The van der Waals surface area contributed by atoms with E-state index in [9.17, 15) is 0 Å². The van der Waals surface area contributed by atoms with Crippen molar-refractivity contribution in [2.45, 2.75) is 38.1 Å². The van der Waals surface area contributed by atoms with Gasteiger partial charge in [0.25, 0.3) is 0 Å². The van der Waals surface area contributed by atoms with E-state index in [4.69, 9.17) is 0 Å². The Kier molecular flexibility index (Phi) is 5.57. The zero-order chi connectivity index (χ0) is 14.5. The lowest BCUT2D eigenvalue weighted by Crippen LogP contribution is -2.23. The van der Waals surface area contributed by atoms with Gasteiger partial charge in [-0.3, -0.25) is 0 Å². The van der Waals surface area contributed by atoms with Gasteiger partial charge in [-0.05, 0) is 44.0 Å². The molecule has 0 radical (unpaired) electrons. The third-order valence-corrected chi connectivity index (χ3v) is 5.33. The lowest BCUT2D eigenvalue weighted by Gasteiger charge is -2.18. The first-order valence-electron chi connectivity index (χ1n) is 6.83. The second kappa shape index (κ2) is 7.20. The molecule has 0 spiro atoms. The third-order valence-electron chi connectivity index (χ3n) is 3.26. The van der Waals surface area contributed by atoms with Crippen molar-refractivity contribution in [2.24, 2.45) is 0 Å². The number of nitrogens with one attached hydrogen (secondary N) is 1. The minimum Gasteiger partial charge on any atom is -0.309 e. The SMILES string of the molecule is CCNC(CSc1nnc(C)s1)c1ccc(C)c(C)c1. The van der Waals surface area contributed by atoms with Crippen molar-refractivity contribution >= 4 is 23.1 Å². The summed E-state index contributed by atoms with van der Waals surface area (Å²) in [6, 6.07) is 7.07. The molecule has 0 saturated heterocycles. The Labute approximate surface area is 129 Å². The molecule has 0 aliphatic heterocycles. The van der Waals surface area contributed by atoms with Gasteiger partial charge in [-0.25, -0.2) is 0 Å². The molecule has 1 atom stereocenters. The smallest absolute Gasteiger partial charge is 0.174 e. The minimum atomic E-state index is 0.355. The average Bonchev–Trinajstić information content (AvgIpc) is 2.84. The highest BCUT2D eigenvalue weighted by atomic mass is 32.2. The van der Waals surface area contributed by atoms with Crippen molar-refractivity contribution in [2.75, 3.05) is 12.3 Å². The Morgan fingerprint density at radius 1 is 1.20 bits per heavy atom. The first-order valence-corrected chi connectivity index (χ1v) is 8.63. The molecule has 0 aliphatic carbocycles. The molecule has 20 heavy (non-hydrogen) atoms. The molecule has 0 fully saturated rings. The summed E-state index contributed by atoms with van der Waals surface area (Å²) in [5, 5.41) is 12.8. The molecule has 2 rings (SSSR count). The molecule has 2 aromatic rings. The van der Waals surface area contributed by atoms with Gasteiger partial charge in [-0.1, -0.05) is 48.2 Å². The molecule has 1 unspecified atom stereocenters. The summed E-state index contributed by atoms with van der Waals surface area (Å²) in [4.78, 5) is 0. The van der Waals surface area contributed by atoms with Gasteiger partial charge in [-0.2, -0.15) is 0 Å². The van der Waals surface area contributed by atoms with Gasteiger partial charge in [-0.15, -0.1) is 10.2 Å². The van der Waals surface area contributed by atoms with Crippen LogP contribution < -0.4 is 5.32 Å². The van der Waals surface area contributed by atoms with Crippen LogP contribution in [0.4, 0.5) is 0 Å². The molecule has 0 aliphatic rings. The Morgan fingerprint density at radius 3 is 2.60 bits per heavy atom. The summed E-state index contributed by atoms with van der Waals surface area (Å²) < 4.78 is 1.05. The van der Waals surface area contributed by atoms with Gasteiger partial charge in [0.15, 0.2) is 4.34 Å². The van der Waals surface area contributed by atoms with Gasteiger partial charge < -0.3 is 5.32 Å². The molecular weight excluding hydrogens is 286 g/mol. The van der Waals surface area contributed by atoms with Gasteiger partial charge in [0.1, 0.15) is 5.01 Å². The lowest BCUT2D eigenvalue weighted by atomic mass is 10.0. The van der Waals surface area contributed by atoms with Gasteiger partial charge in [0.2, 0.25) is 0 Å². The minimum absolute atomic E-state index is 0.355. The molecule has 3 nitrogen and oxygen atoms in total. The lowest BCUT2D eigenvalue weighted by molar-refractivity contribution is 0.605. The van der Waals surface area contributed by atoms with E-state index in [-0.39, 0.29) is 0 Å². The normalized spacial score (nSPS) is 12.6. The number of benzene rings is 1. The molecular formula is C15H21N3S2. The van der Waals surface area contributed by atoms with Crippen molar-refractivity contribution in [3.05, 3.63) is 39.9 Å². The monoisotopic (exact) mass is 307 g/mol. The van der Waals surface area contributed by atoms with E-state index in [1.54, 1.807) is 23.1 Å². The van der Waals surface area contributed by atoms with E-state index in [2.05, 4.69) is 54.5 Å². The van der Waals surface area contributed by atoms with Crippen LogP contribution in [0.15, 0.2) is 22.5 Å². The first kappa shape index (κ1) is 15.5. The first-order chi connectivity index (χ1) is 9.60. The fourth-order valence-corrected chi connectivity index (χ4v) is 3.93. The number of rotatable bonds is 6. The Hall–Kier alpha value is -0.910. The van der Waals surface area contributed by atoms with Crippen molar-refractivity contribution < 1.29 is 0 Å². The second-order valence-electron chi connectivity index (χ2n) is 4.85. The molecule has 1 N–H and O–H groups in total. The van der Waals surface area contributed by atoms with Crippen LogP contribution in [0.3, 0.4) is 0 Å². The highest BCUT2D eigenvalue weighted by molar-refractivity contribution is 8.01. The highest BCUT2D eigenvalue weighted by Gasteiger charge is 2.13. The quantitative estimate of drug-likeness (QED) is 0.821. The summed E-state index contributed by atoms with van der Waals surface area (Å²) in [6.45, 7) is 9.43. The van der Waals surface area contributed by atoms with Crippen molar-refractivity contribution in [3.63, 3.8) is 0 Å². The van der Waals surface area contributed by atoms with Crippen LogP contribution in [0.5, 0.6) is 0 Å². The van der Waals surface area contributed by atoms with E-state index < -0.39 is 0 Å². The van der Waals surface area contributed by atoms with E-state index in [0.29, 0.717) is 6.04 Å². The fourth-order valence-electron chi connectivity index (χ4n) is 1.99. The van der Waals surface area contributed by atoms with E-state index in [1.165, 1.54) is 16.7 Å². The summed E-state index contributed by atoms with van der Waals surface area (Å²) >= 11 is 3.44. The average molecular weight is 307 g/mol. The zero-order valence-corrected chi connectivity index (χ0v) is 14.1. The van der Waals surface area contributed by atoms with Crippen molar-refractivity contribution in [3.8, 4) is 0 Å². The van der Waals surface area contributed by atoms with Gasteiger partial charge >= 0.3 is 0 Å². The van der Waals surface area contributed by atoms with Gasteiger partial charge in [0, 0.05) is 11.8 Å². The number of thioether (sulfide) groups is 1. The number of nitrogens with zero attached hydrogens (tertiary/aromatic N) is 2. The summed E-state index contributed by atoms with van der Waals surface area (Å²) in [6.07, 6.45) is 0. The molecule has 5 heteroatoms. The predicted molar refractivity (Wildman–Crippen MR) is 87.7 cm³/mol. The molecule has 0 saturated carbocycles. The third kappa shape index (κ3) is 4.04. The summed E-state index contributed by atoms with van der Waals surface area (Å²) in [5.41, 5.74) is 4.04. The number of aromatic nitrogens is 2. The van der Waals surface area contributed by atoms with Crippen LogP contribution >= 0.6 is 23.1 Å². The van der Waals surface area contributed by atoms with E-state index in [0.717, 1.165) is 21.6 Å². The second-order valence-corrected chi connectivity index (χ2v) is 7.30. The van der Waals surface area contributed by atoms with Gasteiger partial charge in [0.05, 0.1) is 0 Å². The number of aryl methyl sites for hydroxylation is 3. The summed E-state index contributed by atoms with van der Waals surface area (Å²) in [5.74, 6) is 0.977. The molecule has 1 heterocycles. The Morgan fingerprint density at radius 2 is 2.00 bits per heavy atom. The van der Waals surface area contributed by atoms with Crippen LogP contribution in [0.25, 0.3) is 0 Å². The van der Waals surface area contributed by atoms with Crippen molar-refractivity contribution in [1.82, 2.24) is 15.5 Å². The zero-order valence-electron chi connectivity index (χ0n) is 12.4. The summed E-state index contributed by atoms with van der Waals surface area (Å²) in [7, 11) is 0. The molecule has 0 bridgehead atoms. The molecule has 108 valence electrons. The largest absolute Gasteiger partial charge is 0.309 e. The maximum absolute atomic E-state index is 4.18. The predicted octanol–water partition coefficient (Wildman–Crippen LogP) is 3.91. The Balaban J connectivity index is 2.07. The number of hydrogen-bond donors (Lipinski definition) is 1. The molecule has 1 aromatic carbocycles. The fraction of sp³-hybridized carbons (Fsp3) is 0.467. The highest BCUT2D eigenvalue weighted by Crippen LogP contribution is 2.27. The van der Waals surface area contributed by atoms with E-state index >= 15 is 0 Å². The maximum Gasteiger partial charge on any atom is 0.174 e. The van der Waals surface area contributed by atoms with Crippen molar-refractivity contribution in [1.29, 1.82) is 0 Å². The standard InChI is InChI=1S/C15H21N3S2/c1-5-16-14(9-19-15-18-17-12(4)20-15)13-7-6-10(2)11(3)8-13/h6-8,14,16H,5,9H2,1-4H3. The van der Waals surface area contributed by atoms with Crippen LogP contribution in [-0.4, -0.2) is 22.5 Å². The van der Waals surface area contributed by atoms with Crippen LogP contribution in [0, 0.1) is 20.8 Å². The number of hydrogen-bond acceptors (Lipinski definition) is 5. The van der Waals surface area contributed by atoms with Crippen LogP contribution in [0.2, 0.25) is 0 Å². The molecule has 1 aromatic heterocycles. The van der Waals surface area contributed by atoms with E-state index in [1.807, 2.05) is 6.92 Å². The molecule has 0 amide bonds. The topological polar surface area (TPSA) is 37.8 Å². The van der Waals surface area contributed by atoms with Crippen LogP contribution in [0.1, 0.15) is 34.7 Å². The Bertz CT molecular complexity index is 566.